The standard InChI is InChI=1S/C18H23N3O4S/c22-26(23,17-4-2-16(3-5-17)21-10-1-9-19-21)20-15-6-11-25-18(14-15)7-12-24-13-8-18/h1-5,9-10,15,20H,6-8,11-14H2. The van der Waals surface area contributed by atoms with Gasteiger partial charge in [0.2, 0.25) is 10.0 Å². The molecule has 2 aliphatic heterocycles. The van der Waals surface area contributed by atoms with Crippen LogP contribution in [0.5, 0.6) is 0 Å². The number of nitrogens with one attached hydrogen (secondary N) is 1. The lowest BCUT2D eigenvalue weighted by atomic mass is 9.84. The molecule has 1 atom stereocenters. The largest absolute Gasteiger partial charge is 0.381 e. The molecule has 0 bridgehead atoms. The third-order valence-corrected chi connectivity index (χ3v) is 6.67. The second kappa shape index (κ2) is 7.11. The Morgan fingerprint density at radius 1 is 1.15 bits per heavy atom. The fraction of sp³-hybridized carbons (Fsp3) is 0.500. The maximum absolute atomic E-state index is 12.8. The number of ether oxygens (including phenoxy) is 2. The first-order valence-corrected chi connectivity index (χ1v) is 10.4. The highest BCUT2D eigenvalue weighted by atomic mass is 32.2. The molecule has 3 heterocycles. The monoisotopic (exact) mass is 377 g/mol. The molecule has 4 rings (SSSR count). The molecule has 0 aliphatic carbocycles. The van der Waals surface area contributed by atoms with Crippen LogP contribution >= 0.6 is 0 Å². The van der Waals surface area contributed by atoms with E-state index in [1.165, 1.54) is 0 Å². The van der Waals surface area contributed by atoms with Gasteiger partial charge in [-0.1, -0.05) is 0 Å². The van der Waals surface area contributed by atoms with Gasteiger partial charge in [0.15, 0.2) is 0 Å². The van der Waals surface area contributed by atoms with Gasteiger partial charge in [0.1, 0.15) is 0 Å². The molecule has 8 heteroatoms. The third-order valence-electron chi connectivity index (χ3n) is 5.13. The van der Waals surface area contributed by atoms with E-state index >= 15 is 0 Å². The summed E-state index contributed by atoms with van der Waals surface area (Å²) in [6.45, 7) is 1.92. The fourth-order valence-corrected chi connectivity index (χ4v) is 4.98. The minimum Gasteiger partial charge on any atom is -0.381 e. The van der Waals surface area contributed by atoms with E-state index in [-0.39, 0.29) is 16.5 Å². The zero-order valence-corrected chi connectivity index (χ0v) is 15.3. The molecular formula is C18H23N3O4S. The first kappa shape index (κ1) is 17.7. The molecule has 0 amide bonds. The first-order valence-electron chi connectivity index (χ1n) is 8.91. The van der Waals surface area contributed by atoms with Gasteiger partial charge in [0.05, 0.1) is 16.2 Å². The van der Waals surface area contributed by atoms with Crippen molar-refractivity contribution >= 4 is 10.0 Å². The number of hydrogen-bond acceptors (Lipinski definition) is 5. The van der Waals surface area contributed by atoms with E-state index in [0.29, 0.717) is 32.7 Å². The van der Waals surface area contributed by atoms with Crippen molar-refractivity contribution in [1.82, 2.24) is 14.5 Å². The van der Waals surface area contributed by atoms with Gasteiger partial charge in [-0.15, -0.1) is 0 Å². The molecule has 1 spiro atoms. The second-order valence-electron chi connectivity index (χ2n) is 6.90. The Labute approximate surface area is 153 Å². The third kappa shape index (κ3) is 3.68. The highest BCUT2D eigenvalue weighted by molar-refractivity contribution is 7.89. The van der Waals surface area contributed by atoms with Crippen molar-refractivity contribution in [2.75, 3.05) is 19.8 Å². The number of benzene rings is 1. The Morgan fingerprint density at radius 2 is 1.92 bits per heavy atom. The van der Waals surface area contributed by atoms with E-state index in [0.717, 1.165) is 18.5 Å². The maximum atomic E-state index is 12.8. The molecule has 2 fully saturated rings. The molecule has 0 radical (unpaired) electrons. The van der Waals surface area contributed by atoms with Crippen molar-refractivity contribution in [3.05, 3.63) is 42.7 Å². The predicted octanol–water partition coefficient (Wildman–Crippen LogP) is 1.88. The summed E-state index contributed by atoms with van der Waals surface area (Å²) >= 11 is 0. The fourth-order valence-electron chi connectivity index (χ4n) is 3.71. The lowest BCUT2D eigenvalue weighted by Gasteiger charge is -2.43. The van der Waals surface area contributed by atoms with Gasteiger partial charge in [-0.3, -0.25) is 0 Å². The van der Waals surface area contributed by atoms with Crippen LogP contribution in [0.3, 0.4) is 0 Å². The zero-order chi connectivity index (χ0) is 18.0. The Balaban J connectivity index is 1.46. The van der Waals surface area contributed by atoms with Crippen LogP contribution in [0.1, 0.15) is 25.7 Å². The summed E-state index contributed by atoms with van der Waals surface area (Å²) in [6.07, 6.45) is 6.53. The average Bonchev–Trinajstić information content (AvgIpc) is 3.17. The molecule has 0 saturated carbocycles. The van der Waals surface area contributed by atoms with Crippen LogP contribution < -0.4 is 4.72 Å². The molecule has 140 valence electrons. The summed E-state index contributed by atoms with van der Waals surface area (Å²) in [5.74, 6) is 0. The normalized spacial score (nSPS) is 23.2. The van der Waals surface area contributed by atoms with Crippen LogP contribution in [0.25, 0.3) is 5.69 Å². The summed E-state index contributed by atoms with van der Waals surface area (Å²) in [5.41, 5.74) is 0.578. The topological polar surface area (TPSA) is 82.5 Å². The van der Waals surface area contributed by atoms with Crippen LogP contribution in [0.15, 0.2) is 47.6 Å². The van der Waals surface area contributed by atoms with E-state index in [1.54, 1.807) is 35.1 Å². The Hall–Kier alpha value is -1.74. The van der Waals surface area contributed by atoms with Gasteiger partial charge in [-0.05, 0) is 56.0 Å². The van der Waals surface area contributed by atoms with E-state index in [1.807, 2.05) is 12.3 Å². The molecule has 2 aromatic rings. The summed E-state index contributed by atoms with van der Waals surface area (Å²) in [4.78, 5) is 0.265. The number of aromatic nitrogens is 2. The number of hydrogen-bond donors (Lipinski definition) is 1. The molecule has 1 N–H and O–H groups in total. The minimum atomic E-state index is -3.57. The molecule has 1 unspecified atom stereocenters. The van der Waals surface area contributed by atoms with Crippen molar-refractivity contribution in [1.29, 1.82) is 0 Å². The Morgan fingerprint density at radius 3 is 2.62 bits per heavy atom. The van der Waals surface area contributed by atoms with Crippen LogP contribution in [0.4, 0.5) is 0 Å². The van der Waals surface area contributed by atoms with Crippen LogP contribution in [-0.2, 0) is 19.5 Å². The summed E-state index contributed by atoms with van der Waals surface area (Å²) < 4.78 is 41.5. The molecule has 1 aromatic carbocycles. The lowest BCUT2D eigenvalue weighted by molar-refractivity contribution is -0.138. The smallest absolute Gasteiger partial charge is 0.240 e. The van der Waals surface area contributed by atoms with Gasteiger partial charge in [0.25, 0.3) is 0 Å². The Kier molecular flexibility index (Phi) is 4.83. The molecule has 26 heavy (non-hydrogen) atoms. The zero-order valence-electron chi connectivity index (χ0n) is 14.5. The van der Waals surface area contributed by atoms with Gasteiger partial charge in [0, 0.05) is 38.3 Å². The van der Waals surface area contributed by atoms with Crippen molar-refractivity contribution < 1.29 is 17.9 Å². The minimum absolute atomic E-state index is 0.113. The summed E-state index contributed by atoms with van der Waals surface area (Å²) in [5, 5.41) is 4.15. The molecule has 2 aliphatic rings. The number of nitrogens with zero attached hydrogens (tertiary/aromatic N) is 2. The summed E-state index contributed by atoms with van der Waals surface area (Å²) in [6, 6.07) is 8.45. The van der Waals surface area contributed by atoms with Gasteiger partial charge in [-0.25, -0.2) is 17.8 Å². The van der Waals surface area contributed by atoms with E-state index < -0.39 is 10.0 Å². The Bertz CT molecular complexity index is 822. The first-order chi connectivity index (χ1) is 12.6. The lowest BCUT2D eigenvalue weighted by Crippen LogP contribution is -2.50. The van der Waals surface area contributed by atoms with Gasteiger partial charge < -0.3 is 9.47 Å². The molecule has 1 aromatic heterocycles. The van der Waals surface area contributed by atoms with Crippen molar-refractivity contribution in [2.24, 2.45) is 0 Å². The van der Waals surface area contributed by atoms with Crippen LogP contribution in [-0.4, -0.2) is 49.7 Å². The molecular weight excluding hydrogens is 354 g/mol. The van der Waals surface area contributed by atoms with Gasteiger partial charge >= 0.3 is 0 Å². The van der Waals surface area contributed by atoms with E-state index in [4.69, 9.17) is 9.47 Å². The average molecular weight is 377 g/mol. The highest BCUT2D eigenvalue weighted by Gasteiger charge is 2.40. The van der Waals surface area contributed by atoms with Crippen molar-refractivity contribution in [2.45, 2.75) is 42.2 Å². The molecule has 2 saturated heterocycles. The number of rotatable bonds is 4. The van der Waals surface area contributed by atoms with Crippen molar-refractivity contribution in [3.63, 3.8) is 0 Å². The van der Waals surface area contributed by atoms with Crippen LogP contribution in [0.2, 0.25) is 0 Å². The van der Waals surface area contributed by atoms with E-state index in [2.05, 4.69) is 9.82 Å². The second-order valence-corrected chi connectivity index (χ2v) is 8.61. The summed E-state index contributed by atoms with van der Waals surface area (Å²) in [7, 11) is -3.57. The SMILES string of the molecule is O=S(=O)(NC1CCOC2(CCOCC2)C1)c1ccc(-n2cccn2)cc1. The van der Waals surface area contributed by atoms with Crippen LogP contribution in [0, 0.1) is 0 Å². The maximum Gasteiger partial charge on any atom is 0.240 e. The highest BCUT2D eigenvalue weighted by Crippen LogP contribution is 2.34. The van der Waals surface area contributed by atoms with Gasteiger partial charge in [-0.2, -0.15) is 5.10 Å². The quantitative estimate of drug-likeness (QED) is 0.880. The van der Waals surface area contributed by atoms with E-state index in [9.17, 15) is 8.42 Å². The predicted molar refractivity (Wildman–Crippen MR) is 95.6 cm³/mol. The van der Waals surface area contributed by atoms with Crippen molar-refractivity contribution in [3.8, 4) is 5.69 Å². The number of sulfonamides is 1. The molecule has 7 nitrogen and oxygen atoms in total.